The Morgan fingerprint density at radius 1 is 0.872 bits per heavy atom. The molecule has 3 N–H and O–H groups in total. The van der Waals surface area contributed by atoms with E-state index in [0.29, 0.717) is 49.9 Å². The third-order valence-corrected chi connectivity index (χ3v) is 16.1. The van der Waals surface area contributed by atoms with Crippen molar-refractivity contribution in [3.05, 3.63) is 146 Å². The van der Waals surface area contributed by atoms with E-state index < -0.39 is 41.5 Å². The second-order valence-corrected chi connectivity index (χ2v) is 23.2. The lowest BCUT2D eigenvalue weighted by atomic mass is 9.85. The molecule has 412 valence electrons. The zero-order chi connectivity index (χ0) is 55.3. The van der Waals surface area contributed by atoms with E-state index in [-0.39, 0.29) is 56.3 Å². The third-order valence-electron chi connectivity index (χ3n) is 15.8. The number of rotatable bonds is 23. The van der Waals surface area contributed by atoms with Gasteiger partial charge in [-0.15, -0.1) is 10.2 Å². The average Bonchev–Trinajstić information content (AvgIpc) is 3.78. The molecule has 15 nitrogen and oxygen atoms in total. The predicted molar refractivity (Wildman–Crippen MR) is 302 cm³/mol. The number of carbonyl (C=O) groups excluding carboxylic acids is 4. The van der Waals surface area contributed by atoms with Crippen LogP contribution in [0.5, 0.6) is 5.75 Å². The van der Waals surface area contributed by atoms with E-state index in [1.54, 1.807) is 0 Å². The van der Waals surface area contributed by atoms with Crippen LogP contribution in [-0.2, 0) is 40.6 Å². The van der Waals surface area contributed by atoms with Crippen molar-refractivity contribution in [2.24, 2.45) is 10.4 Å². The summed E-state index contributed by atoms with van der Waals surface area (Å²) >= 11 is 6.30. The quantitative estimate of drug-likeness (QED) is 0.0604. The van der Waals surface area contributed by atoms with Gasteiger partial charge in [0.15, 0.2) is 5.82 Å². The summed E-state index contributed by atoms with van der Waals surface area (Å²) < 4.78 is 19.6. The highest BCUT2D eigenvalue weighted by molar-refractivity contribution is 6.31. The van der Waals surface area contributed by atoms with Crippen LogP contribution in [0.15, 0.2) is 112 Å². The number of aliphatic hydroxyl groups is 1. The molecule has 1 saturated heterocycles. The first kappa shape index (κ1) is 56.2. The van der Waals surface area contributed by atoms with Crippen molar-refractivity contribution < 1.29 is 38.5 Å². The van der Waals surface area contributed by atoms with Gasteiger partial charge in [-0.3, -0.25) is 28.7 Å². The Kier molecular flexibility index (Phi) is 17.5. The average molecular weight is 1080 g/mol. The molecule has 4 atom stereocenters. The molecule has 3 amide bonds. The maximum Gasteiger partial charge on any atom is 0.246 e. The van der Waals surface area contributed by atoms with Gasteiger partial charge in [-0.25, -0.2) is 0 Å². The largest absolute Gasteiger partial charge is 0.494 e. The van der Waals surface area contributed by atoms with Crippen LogP contribution in [0.25, 0.3) is 11.3 Å². The molecule has 4 aromatic rings. The van der Waals surface area contributed by atoms with E-state index in [4.69, 9.17) is 30.8 Å². The number of Topliss-reactive ketones (excluding diaryl/α,β-unsaturated/α-hetero) is 1. The molecule has 0 spiro atoms. The van der Waals surface area contributed by atoms with Crippen molar-refractivity contribution in [1.82, 2.24) is 30.3 Å². The minimum absolute atomic E-state index is 0.00418. The van der Waals surface area contributed by atoms with E-state index in [9.17, 15) is 24.3 Å². The number of nitrogens with zero attached hydrogens (tertiary/aromatic N) is 5. The summed E-state index contributed by atoms with van der Waals surface area (Å²) in [7, 11) is 0. The number of allylic oxidation sites excluding steroid dienone is 8. The molecular formula is C62H74ClN7O8. The van der Waals surface area contributed by atoms with Crippen LogP contribution in [0.2, 0.25) is 5.02 Å². The molecule has 3 unspecified atom stereocenters. The minimum atomic E-state index is -0.950. The van der Waals surface area contributed by atoms with Crippen molar-refractivity contribution in [2.45, 2.75) is 142 Å². The van der Waals surface area contributed by atoms with Crippen LogP contribution in [0.4, 0.5) is 0 Å². The number of ketones is 1. The van der Waals surface area contributed by atoms with Crippen LogP contribution >= 0.6 is 11.6 Å². The fourth-order valence-electron chi connectivity index (χ4n) is 11.2. The van der Waals surface area contributed by atoms with Gasteiger partial charge in [-0.2, -0.15) is 0 Å². The summed E-state index contributed by atoms with van der Waals surface area (Å²) in [5, 5.41) is 26.1. The molecule has 1 saturated carbocycles. The number of hydrogen-bond donors (Lipinski definition) is 3. The summed E-state index contributed by atoms with van der Waals surface area (Å²) in [5.74, 6) is 1.14. The molecule has 16 heteroatoms. The first-order valence-corrected chi connectivity index (χ1v) is 27.8. The third kappa shape index (κ3) is 13.0. The number of likely N-dealkylation sites (tertiary alicyclic amines) is 1. The van der Waals surface area contributed by atoms with E-state index in [0.717, 1.165) is 76.5 Å². The normalized spacial score (nSPS) is 19.9. The topological polar surface area (TPSA) is 187 Å². The van der Waals surface area contributed by atoms with E-state index >= 15 is 0 Å². The Hall–Kier alpha value is -6.52. The molecule has 0 radical (unpaired) electrons. The van der Waals surface area contributed by atoms with E-state index in [2.05, 4.69) is 82.6 Å². The van der Waals surface area contributed by atoms with Gasteiger partial charge in [-0.05, 0) is 116 Å². The van der Waals surface area contributed by atoms with Crippen molar-refractivity contribution in [3.63, 3.8) is 0 Å². The number of aromatic nitrogens is 3. The summed E-state index contributed by atoms with van der Waals surface area (Å²) in [5.41, 5.74) is 11.3. The highest BCUT2D eigenvalue weighted by Gasteiger charge is 2.47. The number of aryl methyl sites for hydroxylation is 1. The number of nitrogens with one attached hydrogen (secondary N) is 2. The molecule has 3 aliphatic carbocycles. The van der Waals surface area contributed by atoms with Crippen molar-refractivity contribution in [2.75, 3.05) is 39.6 Å². The zero-order valence-corrected chi connectivity index (χ0v) is 46.9. The number of amides is 3. The van der Waals surface area contributed by atoms with Crippen LogP contribution in [0.3, 0.4) is 0 Å². The lowest BCUT2D eigenvalue weighted by molar-refractivity contribution is -0.144. The van der Waals surface area contributed by atoms with Crippen molar-refractivity contribution >= 4 is 52.1 Å². The number of carbonyl (C=O) groups is 4. The number of aliphatic imine (C=N–C) groups is 1. The summed E-state index contributed by atoms with van der Waals surface area (Å²) in [6.45, 7) is 15.6. The van der Waals surface area contributed by atoms with Gasteiger partial charge in [0.1, 0.15) is 42.1 Å². The van der Waals surface area contributed by atoms with Crippen molar-refractivity contribution in [3.8, 4) is 5.75 Å². The fraction of sp³-hybridized carbons (Fsp3) is 0.468. The summed E-state index contributed by atoms with van der Waals surface area (Å²) in [6.07, 6.45) is 8.96. The zero-order valence-electron chi connectivity index (χ0n) is 46.1. The summed E-state index contributed by atoms with van der Waals surface area (Å²) in [4.78, 5) is 61.4. The monoisotopic (exact) mass is 1080 g/mol. The summed E-state index contributed by atoms with van der Waals surface area (Å²) in [6, 6.07) is 21.6. The van der Waals surface area contributed by atoms with E-state index in [1.807, 2.05) is 76.2 Å². The smallest absolute Gasteiger partial charge is 0.246 e. The standard InChI is InChI=1S/C62H74ClN7O8/c1-38-11-8-12-50(38)43-15-13-42(14-16-43)35-64-59(74)53-33-48(72)36-69(53)60(75)57(61(5,6)7)66-54(73)37-77-29-9-27-76-28-10-30-78-49-23-19-45(20-24-49)62(25-26-62)34-47(71)32-51-58-68-67-41(4)70(58)52-31-39(2)40(3)55(52)56(65-51)44-17-21-46(63)22-18-44/h8,11,13-24,48,51,53,57,72H,9-10,12,25-37H2,1-7H3,(H,64,74)(H,66,73)/t48-,51?,53?,57?/m1/s1. The number of halogens is 1. The van der Waals surface area contributed by atoms with Crippen LogP contribution < -0.4 is 15.4 Å². The number of hydrogen-bond acceptors (Lipinski definition) is 11. The Morgan fingerprint density at radius 3 is 2.24 bits per heavy atom. The predicted octanol–water partition coefficient (Wildman–Crippen LogP) is 9.55. The highest BCUT2D eigenvalue weighted by Crippen LogP contribution is 2.52. The van der Waals surface area contributed by atoms with Crippen LogP contribution in [0, 0.1) is 12.3 Å². The lowest BCUT2D eigenvalue weighted by Crippen LogP contribution is -2.58. The molecule has 9 rings (SSSR count). The molecule has 1 aromatic heterocycles. The molecule has 3 aromatic carbocycles. The minimum Gasteiger partial charge on any atom is -0.494 e. The number of fused-ring (bicyclic) bond motifs is 2. The highest BCUT2D eigenvalue weighted by atomic mass is 35.5. The van der Waals surface area contributed by atoms with E-state index in [1.165, 1.54) is 27.2 Å². The van der Waals surface area contributed by atoms with Gasteiger partial charge >= 0.3 is 0 Å². The van der Waals surface area contributed by atoms with Gasteiger partial charge in [-0.1, -0.05) is 98.6 Å². The maximum absolute atomic E-state index is 14.1. The first-order chi connectivity index (χ1) is 37.4. The molecule has 2 fully saturated rings. The number of benzene rings is 3. The Bertz CT molecular complexity index is 3050. The maximum atomic E-state index is 14.1. The number of aliphatic hydroxyl groups excluding tert-OH is 1. The molecular weight excluding hydrogens is 1010 g/mol. The fourth-order valence-corrected chi connectivity index (χ4v) is 11.3. The Morgan fingerprint density at radius 2 is 1.56 bits per heavy atom. The van der Waals surface area contributed by atoms with Gasteiger partial charge in [0.2, 0.25) is 17.7 Å². The van der Waals surface area contributed by atoms with Gasteiger partial charge < -0.3 is 34.9 Å². The molecule has 0 bridgehead atoms. The second kappa shape index (κ2) is 24.2. The first-order valence-electron chi connectivity index (χ1n) is 27.5. The number of β-amino-alcohol motifs (C(OH)–C–C–N with tert-alkyl or cyclic N) is 1. The SMILES string of the molecule is CC1=C(c2ccc(CNC(=O)C3C[C@@H](O)CN3C(=O)C(NC(=O)COCCCOCCCOc3ccc(C4(CC(=O)CC5N=C(c6ccc(Cl)cc6)C6=C(CC(C)=C6C)n6c(C)nnc65)CC4)cc3)C(C)(C)C)cc2)CC=C1. The van der Waals surface area contributed by atoms with Gasteiger partial charge in [0, 0.05) is 92.3 Å². The Labute approximate surface area is 463 Å². The molecule has 2 aliphatic heterocycles. The molecule has 5 aliphatic rings. The van der Waals surface area contributed by atoms with Gasteiger partial charge in [0.05, 0.1) is 18.4 Å². The van der Waals surface area contributed by atoms with Gasteiger partial charge in [0.25, 0.3) is 0 Å². The van der Waals surface area contributed by atoms with Crippen LogP contribution in [0.1, 0.15) is 139 Å². The number of ether oxygens (including phenoxy) is 3. The second-order valence-electron chi connectivity index (χ2n) is 22.7. The molecule has 3 heterocycles. The molecule has 78 heavy (non-hydrogen) atoms. The lowest BCUT2D eigenvalue weighted by Gasteiger charge is -2.35. The van der Waals surface area contributed by atoms with Crippen LogP contribution in [-0.4, -0.2) is 112 Å². The Balaban J connectivity index is 0.672. The van der Waals surface area contributed by atoms with Crippen molar-refractivity contribution in [1.29, 1.82) is 0 Å².